The molecule has 0 radical (unpaired) electrons. The molecule has 1 aromatic carbocycles. The highest BCUT2D eigenvalue weighted by Gasteiger charge is 2.18. The van der Waals surface area contributed by atoms with Gasteiger partial charge in [-0.3, -0.25) is 9.69 Å². The Bertz CT molecular complexity index is 575. The summed E-state index contributed by atoms with van der Waals surface area (Å²) in [6.07, 6.45) is 5.61. The average Bonchev–Trinajstić information content (AvgIpc) is 2.68. The molecule has 0 bridgehead atoms. The number of hydrogen-bond donors (Lipinski definition) is 3. The molecule has 2 saturated heterocycles. The quantitative estimate of drug-likeness (QED) is 0.620. The summed E-state index contributed by atoms with van der Waals surface area (Å²) in [5.41, 5.74) is 2.48. The van der Waals surface area contributed by atoms with Crippen LogP contribution in [0.1, 0.15) is 49.7 Å². The van der Waals surface area contributed by atoms with Crippen LogP contribution >= 0.6 is 24.8 Å². The van der Waals surface area contributed by atoms with E-state index < -0.39 is 0 Å². The van der Waals surface area contributed by atoms with E-state index in [0.29, 0.717) is 18.9 Å². The monoisotopic (exact) mass is 431 g/mol. The first-order valence-electron chi connectivity index (χ1n) is 10.2. The summed E-state index contributed by atoms with van der Waals surface area (Å²) in [4.78, 5) is 14.6. The number of benzene rings is 1. The molecule has 1 amide bonds. The SMILES string of the molecule is Cl.Cl.O=C(CCC1CCNCC1)NCc1ccccc1CN1CCC(O)CC1. The van der Waals surface area contributed by atoms with E-state index in [1.54, 1.807) is 0 Å². The Morgan fingerprint density at radius 2 is 1.71 bits per heavy atom. The van der Waals surface area contributed by atoms with Crippen LogP contribution in [-0.4, -0.2) is 48.2 Å². The average molecular weight is 432 g/mol. The summed E-state index contributed by atoms with van der Waals surface area (Å²) in [6.45, 7) is 5.57. The second-order valence-corrected chi connectivity index (χ2v) is 7.78. The van der Waals surface area contributed by atoms with Gasteiger partial charge in [-0.15, -0.1) is 24.8 Å². The third-order valence-corrected chi connectivity index (χ3v) is 5.78. The Kier molecular flexibility index (Phi) is 12.0. The predicted octanol–water partition coefficient (Wildman–Crippen LogP) is 2.88. The Morgan fingerprint density at radius 1 is 1.07 bits per heavy atom. The summed E-state index contributed by atoms with van der Waals surface area (Å²) >= 11 is 0. The number of carbonyl (C=O) groups excluding carboxylic acids is 1. The Morgan fingerprint density at radius 3 is 2.39 bits per heavy atom. The molecule has 2 aliphatic rings. The van der Waals surface area contributed by atoms with Gasteiger partial charge in [0.05, 0.1) is 6.10 Å². The maximum absolute atomic E-state index is 12.2. The molecule has 3 N–H and O–H groups in total. The highest BCUT2D eigenvalue weighted by atomic mass is 35.5. The van der Waals surface area contributed by atoms with Crippen molar-refractivity contribution in [2.24, 2.45) is 5.92 Å². The number of carbonyl (C=O) groups is 1. The lowest BCUT2D eigenvalue weighted by Gasteiger charge is -2.30. The van der Waals surface area contributed by atoms with Crippen LogP contribution in [0.4, 0.5) is 0 Å². The number of likely N-dealkylation sites (tertiary alicyclic amines) is 1. The van der Waals surface area contributed by atoms with Crippen LogP contribution in [0.25, 0.3) is 0 Å². The first-order chi connectivity index (χ1) is 12.7. The minimum Gasteiger partial charge on any atom is -0.393 e. The molecule has 7 heteroatoms. The summed E-state index contributed by atoms with van der Waals surface area (Å²) < 4.78 is 0. The van der Waals surface area contributed by atoms with Crippen molar-refractivity contribution >= 4 is 30.7 Å². The van der Waals surface area contributed by atoms with E-state index in [9.17, 15) is 9.90 Å². The van der Waals surface area contributed by atoms with Crippen molar-refractivity contribution in [3.05, 3.63) is 35.4 Å². The predicted molar refractivity (Wildman–Crippen MR) is 118 cm³/mol. The zero-order chi connectivity index (χ0) is 18.2. The zero-order valence-electron chi connectivity index (χ0n) is 16.6. The molecular weight excluding hydrogens is 397 g/mol. The molecule has 28 heavy (non-hydrogen) atoms. The summed E-state index contributed by atoms with van der Waals surface area (Å²) in [7, 11) is 0. The van der Waals surface area contributed by atoms with E-state index in [0.717, 1.165) is 52.0 Å². The maximum atomic E-state index is 12.2. The van der Waals surface area contributed by atoms with Crippen LogP contribution in [0.2, 0.25) is 0 Å². The van der Waals surface area contributed by atoms with Crippen molar-refractivity contribution in [1.82, 2.24) is 15.5 Å². The number of nitrogens with zero attached hydrogens (tertiary/aromatic N) is 1. The summed E-state index contributed by atoms with van der Waals surface area (Å²) in [5, 5.41) is 16.1. The van der Waals surface area contributed by atoms with Crippen molar-refractivity contribution in [1.29, 1.82) is 0 Å². The van der Waals surface area contributed by atoms with Crippen molar-refractivity contribution in [2.75, 3.05) is 26.2 Å². The van der Waals surface area contributed by atoms with Gasteiger partial charge in [-0.1, -0.05) is 24.3 Å². The van der Waals surface area contributed by atoms with Gasteiger partial charge in [0.1, 0.15) is 0 Å². The number of hydrogen-bond acceptors (Lipinski definition) is 4. The number of piperidine rings is 2. The zero-order valence-corrected chi connectivity index (χ0v) is 18.2. The van der Waals surface area contributed by atoms with Crippen LogP contribution in [0.5, 0.6) is 0 Å². The number of nitrogens with one attached hydrogen (secondary N) is 2. The number of aliphatic hydroxyl groups is 1. The van der Waals surface area contributed by atoms with Gasteiger partial charge in [0.25, 0.3) is 0 Å². The van der Waals surface area contributed by atoms with Crippen LogP contribution in [0.3, 0.4) is 0 Å². The summed E-state index contributed by atoms with van der Waals surface area (Å²) in [5.74, 6) is 0.864. The third kappa shape index (κ3) is 8.26. The van der Waals surface area contributed by atoms with Gasteiger partial charge in [-0.05, 0) is 62.2 Å². The Labute approximate surface area is 181 Å². The molecular formula is C21H35Cl2N3O2. The molecule has 2 aliphatic heterocycles. The largest absolute Gasteiger partial charge is 0.393 e. The number of rotatable bonds is 7. The van der Waals surface area contributed by atoms with Gasteiger partial charge in [0.2, 0.25) is 5.91 Å². The molecule has 0 unspecified atom stereocenters. The molecule has 2 fully saturated rings. The maximum Gasteiger partial charge on any atom is 0.220 e. The van der Waals surface area contributed by atoms with E-state index in [1.807, 2.05) is 6.07 Å². The van der Waals surface area contributed by atoms with Gasteiger partial charge in [-0.2, -0.15) is 0 Å². The fraction of sp³-hybridized carbons (Fsp3) is 0.667. The van der Waals surface area contributed by atoms with E-state index in [1.165, 1.54) is 24.0 Å². The van der Waals surface area contributed by atoms with E-state index in [4.69, 9.17) is 0 Å². The lowest BCUT2D eigenvalue weighted by atomic mass is 9.93. The smallest absolute Gasteiger partial charge is 0.220 e. The minimum absolute atomic E-state index is 0. The second-order valence-electron chi connectivity index (χ2n) is 7.78. The van der Waals surface area contributed by atoms with Gasteiger partial charge in [0.15, 0.2) is 0 Å². The van der Waals surface area contributed by atoms with Crippen molar-refractivity contribution in [3.63, 3.8) is 0 Å². The van der Waals surface area contributed by atoms with Crippen LogP contribution < -0.4 is 10.6 Å². The highest BCUT2D eigenvalue weighted by Crippen LogP contribution is 2.18. The minimum atomic E-state index is -0.138. The molecule has 0 atom stereocenters. The van der Waals surface area contributed by atoms with Gasteiger partial charge in [0, 0.05) is 32.6 Å². The van der Waals surface area contributed by atoms with Gasteiger partial charge in [-0.25, -0.2) is 0 Å². The van der Waals surface area contributed by atoms with Crippen LogP contribution in [0.15, 0.2) is 24.3 Å². The molecule has 1 aromatic rings. The third-order valence-electron chi connectivity index (χ3n) is 5.78. The standard InChI is InChI=1S/C21H33N3O2.2ClH/c25-20-9-13-24(14-10-20)16-19-4-2-1-3-18(19)15-23-21(26)6-5-17-7-11-22-12-8-17;;/h1-4,17,20,22,25H,5-16H2,(H,23,26);2*1H. The lowest BCUT2D eigenvalue weighted by Crippen LogP contribution is -2.35. The molecule has 0 spiro atoms. The molecule has 0 aliphatic carbocycles. The van der Waals surface area contributed by atoms with Gasteiger partial charge < -0.3 is 15.7 Å². The normalized spacial score (nSPS) is 18.8. The van der Waals surface area contributed by atoms with E-state index in [2.05, 4.69) is 33.7 Å². The molecule has 160 valence electrons. The highest BCUT2D eigenvalue weighted by molar-refractivity contribution is 5.85. The fourth-order valence-electron chi connectivity index (χ4n) is 3.99. The van der Waals surface area contributed by atoms with Gasteiger partial charge >= 0.3 is 0 Å². The summed E-state index contributed by atoms with van der Waals surface area (Å²) in [6, 6.07) is 8.37. The topological polar surface area (TPSA) is 64.6 Å². The molecule has 2 heterocycles. The first-order valence-corrected chi connectivity index (χ1v) is 10.2. The number of halogens is 2. The van der Waals surface area contributed by atoms with Crippen LogP contribution in [-0.2, 0) is 17.9 Å². The van der Waals surface area contributed by atoms with E-state index in [-0.39, 0.29) is 36.8 Å². The molecule has 0 aromatic heterocycles. The molecule has 5 nitrogen and oxygen atoms in total. The van der Waals surface area contributed by atoms with Crippen molar-refractivity contribution in [3.8, 4) is 0 Å². The number of amides is 1. The fourth-order valence-corrected chi connectivity index (χ4v) is 3.99. The van der Waals surface area contributed by atoms with Crippen molar-refractivity contribution in [2.45, 2.75) is 57.7 Å². The second kappa shape index (κ2) is 13.4. The van der Waals surface area contributed by atoms with Crippen molar-refractivity contribution < 1.29 is 9.90 Å². The number of aliphatic hydroxyl groups excluding tert-OH is 1. The molecule has 0 saturated carbocycles. The lowest BCUT2D eigenvalue weighted by molar-refractivity contribution is -0.121. The van der Waals surface area contributed by atoms with Crippen LogP contribution in [0, 0.1) is 5.92 Å². The Balaban J connectivity index is 0.00000196. The Hall–Kier alpha value is -0.850. The first kappa shape index (κ1) is 25.2. The van der Waals surface area contributed by atoms with E-state index >= 15 is 0 Å². The molecule has 3 rings (SSSR count).